The molecular weight excluding hydrogens is 379 g/mol. The van der Waals surface area contributed by atoms with Crippen LogP contribution in [0.4, 0.5) is 13.2 Å². The lowest BCUT2D eigenvalue weighted by molar-refractivity contribution is -0.136. The van der Waals surface area contributed by atoms with Crippen LogP contribution < -0.4 is 10.3 Å². The molecule has 0 bridgehead atoms. The van der Waals surface area contributed by atoms with Gasteiger partial charge in [-0.05, 0) is 55.4 Å². The van der Waals surface area contributed by atoms with Crippen molar-refractivity contribution >= 4 is 23.3 Å². The molecule has 1 aliphatic carbocycles. The number of halogens is 3. The van der Waals surface area contributed by atoms with E-state index in [1.165, 1.54) is 11.7 Å². The Morgan fingerprint density at radius 2 is 1.93 bits per heavy atom. The van der Waals surface area contributed by atoms with Gasteiger partial charge in [-0.25, -0.2) is 4.98 Å². The van der Waals surface area contributed by atoms with E-state index in [0.29, 0.717) is 11.3 Å². The van der Waals surface area contributed by atoms with E-state index in [9.17, 15) is 18.0 Å². The minimum absolute atomic E-state index is 0.0353. The number of H-pyrrole nitrogens is 1. The molecule has 0 radical (unpaired) electrons. The van der Waals surface area contributed by atoms with Gasteiger partial charge in [0.15, 0.2) is 4.77 Å². The molecule has 2 heterocycles. The number of fused-ring (bicyclic) bond motifs is 1. The summed E-state index contributed by atoms with van der Waals surface area (Å²) >= 11 is 5.18. The number of alkyl halides is 3. The number of methoxy groups -OCH3 is 1. The SMILES string of the molecule is COc1ccc(-c2cc(C(F)(F)F)c3c(=O)[nH]c(=S)n(C4CC4)c3n2)cc1. The molecule has 1 aliphatic rings. The molecule has 1 fully saturated rings. The van der Waals surface area contributed by atoms with Gasteiger partial charge in [-0.1, -0.05) is 0 Å². The van der Waals surface area contributed by atoms with Gasteiger partial charge in [0.1, 0.15) is 11.4 Å². The Bertz CT molecular complexity index is 1150. The lowest BCUT2D eigenvalue weighted by Crippen LogP contribution is -2.20. The van der Waals surface area contributed by atoms with E-state index in [2.05, 4.69) is 9.97 Å². The number of hydrogen-bond donors (Lipinski definition) is 1. The summed E-state index contributed by atoms with van der Waals surface area (Å²) in [5.41, 5.74) is -1.34. The van der Waals surface area contributed by atoms with Crippen molar-refractivity contribution in [3.8, 4) is 17.0 Å². The van der Waals surface area contributed by atoms with Gasteiger partial charge in [0.2, 0.25) is 0 Å². The fraction of sp³-hybridized carbons (Fsp3) is 0.278. The number of hydrogen-bond acceptors (Lipinski definition) is 4. The zero-order chi connectivity index (χ0) is 19.3. The van der Waals surface area contributed by atoms with Crippen LogP contribution in [-0.2, 0) is 6.18 Å². The summed E-state index contributed by atoms with van der Waals surface area (Å²) < 4.78 is 47.9. The first-order valence-electron chi connectivity index (χ1n) is 8.21. The molecule has 0 spiro atoms. The molecule has 3 aromatic rings. The van der Waals surface area contributed by atoms with E-state index in [0.717, 1.165) is 18.9 Å². The Morgan fingerprint density at radius 1 is 1.26 bits per heavy atom. The van der Waals surface area contributed by atoms with Crippen molar-refractivity contribution < 1.29 is 17.9 Å². The highest BCUT2D eigenvalue weighted by Gasteiger charge is 2.37. The third-order valence-electron chi connectivity index (χ3n) is 4.50. The first kappa shape index (κ1) is 17.7. The van der Waals surface area contributed by atoms with Crippen LogP contribution in [-0.4, -0.2) is 21.6 Å². The zero-order valence-electron chi connectivity index (χ0n) is 14.1. The predicted octanol–water partition coefficient (Wildman–Crippen LogP) is 4.48. The monoisotopic (exact) mass is 393 g/mol. The molecule has 1 N–H and O–H groups in total. The predicted molar refractivity (Wildman–Crippen MR) is 96.4 cm³/mol. The van der Waals surface area contributed by atoms with E-state index in [-0.39, 0.29) is 22.2 Å². The number of benzene rings is 1. The number of ether oxygens (including phenoxy) is 1. The standard InChI is InChI=1S/C18H14F3N3O2S/c1-26-11-6-2-9(3-7-11)13-8-12(18(19,20)21)14-15(22-13)24(10-4-5-10)17(27)23-16(14)25/h2-3,6-8,10H,4-5H2,1H3,(H,23,25,27). The first-order chi connectivity index (χ1) is 12.8. The maximum atomic E-state index is 13.7. The fourth-order valence-electron chi connectivity index (χ4n) is 3.05. The van der Waals surface area contributed by atoms with E-state index in [1.807, 2.05) is 0 Å². The quantitative estimate of drug-likeness (QED) is 0.667. The second-order valence-corrected chi connectivity index (χ2v) is 6.73. The molecule has 0 saturated heterocycles. The number of aromatic nitrogens is 3. The smallest absolute Gasteiger partial charge is 0.417 e. The average Bonchev–Trinajstić information content (AvgIpc) is 3.45. The normalized spacial score (nSPS) is 14.5. The highest BCUT2D eigenvalue weighted by molar-refractivity contribution is 7.71. The number of nitrogens with zero attached hydrogens (tertiary/aromatic N) is 2. The van der Waals surface area contributed by atoms with Gasteiger partial charge in [0.05, 0.1) is 23.8 Å². The van der Waals surface area contributed by atoms with Crippen LogP contribution in [0.2, 0.25) is 0 Å². The van der Waals surface area contributed by atoms with Gasteiger partial charge in [0.25, 0.3) is 5.56 Å². The number of nitrogens with one attached hydrogen (secondary N) is 1. The van der Waals surface area contributed by atoms with Crippen molar-refractivity contribution in [1.29, 1.82) is 0 Å². The lowest BCUT2D eigenvalue weighted by atomic mass is 10.1. The van der Waals surface area contributed by atoms with Crippen molar-refractivity contribution in [2.45, 2.75) is 25.1 Å². The van der Waals surface area contributed by atoms with Crippen molar-refractivity contribution in [2.24, 2.45) is 0 Å². The van der Waals surface area contributed by atoms with Crippen LogP contribution in [0, 0.1) is 4.77 Å². The molecular formula is C18H14F3N3O2S. The van der Waals surface area contributed by atoms with Crippen LogP contribution in [0.1, 0.15) is 24.4 Å². The highest BCUT2D eigenvalue weighted by atomic mass is 32.1. The number of rotatable bonds is 3. The molecule has 27 heavy (non-hydrogen) atoms. The summed E-state index contributed by atoms with van der Waals surface area (Å²) in [6.07, 6.45) is -3.14. The fourth-order valence-corrected chi connectivity index (χ4v) is 3.38. The molecule has 2 aromatic heterocycles. The molecule has 1 aromatic carbocycles. The highest BCUT2D eigenvalue weighted by Crippen LogP contribution is 2.40. The first-order valence-corrected chi connectivity index (χ1v) is 8.61. The maximum absolute atomic E-state index is 13.7. The van der Waals surface area contributed by atoms with Gasteiger partial charge in [-0.2, -0.15) is 13.2 Å². The Kier molecular flexibility index (Phi) is 4.06. The van der Waals surface area contributed by atoms with Crippen LogP contribution in [0.5, 0.6) is 5.75 Å². The zero-order valence-corrected chi connectivity index (χ0v) is 14.9. The van der Waals surface area contributed by atoms with Gasteiger partial charge < -0.3 is 4.74 Å². The van der Waals surface area contributed by atoms with Crippen molar-refractivity contribution in [3.63, 3.8) is 0 Å². The van der Waals surface area contributed by atoms with Gasteiger partial charge in [-0.15, -0.1) is 0 Å². The lowest BCUT2D eigenvalue weighted by Gasteiger charge is -2.16. The van der Waals surface area contributed by atoms with E-state index < -0.39 is 22.7 Å². The van der Waals surface area contributed by atoms with Gasteiger partial charge in [0, 0.05) is 11.6 Å². The van der Waals surface area contributed by atoms with Crippen LogP contribution >= 0.6 is 12.2 Å². The van der Waals surface area contributed by atoms with Crippen molar-refractivity contribution in [2.75, 3.05) is 7.11 Å². The molecule has 5 nitrogen and oxygen atoms in total. The van der Waals surface area contributed by atoms with Crippen LogP contribution in [0.25, 0.3) is 22.3 Å². The maximum Gasteiger partial charge on any atom is 0.417 e. The summed E-state index contributed by atoms with van der Waals surface area (Å²) in [6, 6.07) is 7.38. The van der Waals surface area contributed by atoms with E-state index >= 15 is 0 Å². The second kappa shape index (κ2) is 6.19. The van der Waals surface area contributed by atoms with Gasteiger partial charge in [-0.3, -0.25) is 14.3 Å². The second-order valence-electron chi connectivity index (χ2n) is 6.34. The number of aromatic amines is 1. The topological polar surface area (TPSA) is 59.9 Å². The summed E-state index contributed by atoms with van der Waals surface area (Å²) in [4.78, 5) is 19.1. The van der Waals surface area contributed by atoms with Crippen LogP contribution in [0.15, 0.2) is 35.1 Å². The molecule has 0 atom stereocenters. The summed E-state index contributed by atoms with van der Waals surface area (Å²) in [6.45, 7) is 0. The average molecular weight is 393 g/mol. The molecule has 4 rings (SSSR count). The molecule has 1 saturated carbocycles. The van der Waals surface area contributed by atoms with Crippen molar-refractivity contribution in [3.05, 3.63) is 51.0 Å². The Hall–Kier alpha value is -2.68. The van der Waals surface area contributed by atoms with Crippen LogP contribution in [0.3, 0.4) is 0 Å². The van der Waals surface area contributed by atoms with E-state index in [4.69, 9.17) is 17.0 Å². The summed E-state index contributed by atoms with van der Waals surface area (Å²) in [5.74, 6) is 0.577. The Balaban J connectivity index is 2.08. The molecule has 0 amide bonds. The largest absolute Gasteiger partial charge is 0.497 e. The third kappa shape index (κ3) is 3.12. The Morgan fingerprint density at radius 3 is 2.48 bits per heavy atom. The summed E-state index contributed by atoms with van der Waals surface area (Å²) in [7, 11) is 1.50. The Labute approximate surface area is 156 Å². The minimum Gasteiger partial charge on any atom is -0.497 e. The summed E-state index contributed by atoms with van der Waals surface area (Å²) in [5, 5.41) is -0.486. The molecule has 140 valence electrons. The van der Waals surface area contributed by atoms with Gasteiger partial charge >= 0.3 is 6.18 Å². The molecule has 0 unspecified atom stereocenters. The minimum atomic E-state index is -4.71. The number of pyridine rings is 1. The third-order valence-corrected chi connectivity index (χ3v) is 4.80. The molecule has 9 heteroatoms. The molecule has 0 aliphatic heterocycles. The van der Waals surface area contributed by atoms with Crippen molar-refractivity contribution in [1.82, 2.24) is 14.5 Å². The van der Waals surface area contributed by atoms with E-state index in [1.54, 1.807) is 24.3 Å².